The molecule has 5 N–H and O–H groups in total. The van der Waals surface area contributed by atoms with Crippen molar-refractivity contribution in [1.82, 2.24) is 25.5 Å². The van der Waals surface area contributed by atoms with E-state index in [1.54, 1.807) is 16.8 Å². The van der Waals surface area contributed by atoms with Crippen molar-refractivity contribution in [2.24, 2.45) is 0 Å². The third kappa shape index (κ3) is 10.5. The Hall–Kier alpha value is -5.86. The van der Waals surface area contributed by atoms with Crippen LogP contribution in [0.4, 0.5) is 11.4 Å². The maximum Gasteiger partial charge on any atom is 0.224 e. The number of nitrogens with one attached hydrogen (secondary N) is 2. The third-order valence-corrected chi connectivity index (χ3v) is 10.8. The van der Waals surface area contributed by atoms with Crippen molar-refractivity contribution in [3.05, 3.63) is 150 Å². The molecule has 1 aliphatic rings. The summed E-state index contributed by atoms with van der Waals surface area (Å²) in [5.74, 6) is 0.416. The number of aliphatic hydroxyl groups is 1. The zero-order valence-corrected chi connectivity index (χ0v) is 32.2. The van der Waals surface area contributed by atoms with Gasteiger partial charge in [-0.1, -0.05) is 115 Å². The molecule has 1 saturated heterocycles. The van der Waals surface area contributed by atoms with E-state index in [1.165, 1.54) is 11.8 Å². The number of hydrogen-bond acceptors (Lipinski definition) is 10. The quantitative estimate of drug-likeness (QED) is 0.0437. The average Bonchev–Trinajstić information content (AvgIpc) is 3.74. The van der Waals surface area contributed by atoms with E-state index >= 15 is 0 Å². The van der Waals surface area contributed by atoms with Gasteiger partial charge in [-0.25, -0.2) is 0 Å². The number of benzene rings is 5. The first-order valence-corrected chi connectivity index (χ1v) is 20.0. The number of aliphatic hydroxyl groups excluding tert-OH is 1. The summed E-state index contributed by atoms with van der Waals surface area (Å²) in [6, 6.07) is 40.9. The average molecular weight is 784 g/mol. The lowest BCUT2D eigenvalue weighted by Crippen LogP contribution is -2.31. The summed E-state index contributed by atoms with van der Waals surface area (Å²) in [6.07, 6.45) is 1.43. The van der Waals surface area contributed by atoms with Crippen molar-refractivity contribution < 1.29 is 24.2 Å². The van der Waals surface area contributed by atoms with Crippen LogP contribution >= 0.6 is 11.8 Å². The van der Waals surface area contributed by atoms with Crippen LogP contribution in [0.5, 0.6) is 0 Å². The zero-order chi connectivity index (χ0) is 39.4. The minimum atomic E-state index is -0.622. The maximum atomic E-state index is 12.8. The largest absolute Gasteiger partial charge is 0.397 e. The normalized spacial score (nSPS) is 16.5. The molecule has 6 aromatic rings. The molecule has 0 spiro atoms. The Morgan fingerprint density at radius 3 is 2.28 bits per heavy atom. The van der Waals surface area contributed by atoms with Gasteiger partial charge in [-0.15, -0.1) is 5.10 Å². The molecule has 13 heteroatoms. The van der Waals surface area contributed by atoms with Crippen LogP contribution < -0.4 is 16.4 Å². The number of carbonyl (C=O) groups is 2. The van der Waals surface area contributed by atoms with Crippen molar-refractivity contribution in [3.8, 4) is 16.8 Å². The number of nitrogens with two attached hydrogens (primary N) is 1. The topological polar surface area (TPSA) is 167 Å². The Kier molecular flexibility index (Phi) is 13.4. The molecule has 0 radical (unpaired) electrons. The first-order valence-electron chi connectivity index (χ1n) is 19.0. The van der Waals surface area contributed by atoms with Crippen molar-refractivity contribution in [2.75, 3.05) is 16.8 Å². The van der Waals surface area contributed by atoms with Gasteiger partial charge in [0.05, 0.1) is 35.9 Å². The van der Waals surface area contributed by atoms with E-state index in [4.69, 9.17) is 15.2 Å². The third-order valence-electron chi connectivity index (χ3n) is 9.73. The van der Waals surface area contributed by atoms with Crippen molar-refractivity contribution in [2.45, 2.75) is 68.9 Å². The highest BCUT2D eigenvalue weighted by molar-refractivity contribution is 7.99. The minimum Gasteiger partial charge on any atom is -0.397 e. The minimum absolute atomic E-state index is 0.0250. The molecule has 2 amide bonds. The highest BCUT2D eigenvalue weighted by Gasteiger charge is 2.33. The van der Waals surface area contributed by atoms with Crippen LogP contribution in [0.3, 0.4) is 0 Å². The van der Waals surface area contributed by atoms with Gasteiger partial charge in [-0.05, 0) is 75.4 Å². The Morgan fingerprint density at radius 1 is 0.807 bits per heavy atom. The smallest absolute Gasteiger partial charge is 0.224 e. The number of nitrogens with zero attached hydrogens (tertiary/aromatic N) is 4. The molecule has 12 nitrogen and oxygen atoms in total. The van der Waals surface area contributed by atoms with Crippen LogP contribution in [0.2, 0.25) is 0 Å². The maximum absolute atomic E-state index is 12.8. The molecule has 1 fully saturated rings. The predicted octanol–water partition coefficient (Wildman–Crippen LogP) is 7.56. The van der Waals surface area contributed by atoms with Gasteiger partial charge in [-0.3, -0.25) is 9.59 Å². The highest BCUT2D eigenvalue weighted by atomic mass is 32.2. The molecule has 3 atom stereocenters. The van der Waals surface area contributed by atoms with Gasteiger partial charge in [0.2, 0.25) is 17.0 Å². The first kappa shape index (κ1) is 39.4. The number of ether oxygens (including phenoxy) is 2. The number of hydrogen-bond donors (Lipinski definition) is 4. The van der Waals surface area contributed by atoms with E-state index in [0.717, 1.165) is 39.1 Å². The van der Waals surface area contributed by atoms with Gasteiger partial charge in [0.25, 0.3) is 0 Å². The van der Waals surface area contributed by atoms with E-state index < -0.39 is 6.29 Å². The number of aromatic nitrogens is 4. The van der Waals surface area contributed by atoms with Crippen molar-refractivity contribution in [3.63, 3.8) is 0 Å². The number of unbranched alkanes of at least 4 members (excludes halogenated alkanes) is 1. The summed E-state index contributed by atoms with van der Waals surface area (Å²) in [5.41, 5.74) is 13.6. The summed E-state index contributed by atoms with van der Waals surface area (Å²) in [7, 11) is 0. The predicted molar refractivity (Wildman–Crippen MR) is 220 cm³/mol. The Morgan fingerprint density at radius 2 is 1.51 bits per heavy atom. The van der Waals surface area contributed by atoms with Gasteiger partial charge >= 0.3 is 0 Å². The lowest BCUT2D eigenvalue weighted by Gasteiger charge is -2.36. The number of nitrogen functional groups attached to an aromatic ring is 1. The van der Waals surface area contributed by atoms with Gasteiger partial charge < -0.3 is 30.9 Å². The number of rotatable bonds is 16. The van der Waals surface area contributed by atoms with Gasteiger partial charge in [0.1, 0.15) is 0 Å². The molecule has 2 heterocycles. The molecule has 3 unspecified atom stereocenters. The van der Waals surface area contributed by atoms with E-state index in [2.05, 4.69) is 26.2 Å². The molecule has 5 aromatic carbocycles. The second-order valence-electron chi connectivity index (χ2n) is 13.8. The van der Waals surface area contributed by atoms with Crippen LogP contribution in [-0.4, -0.2) is 49.0 Å². The van der Waals surface area contributed by atoms with Crippen LogP contribution in [-0.2, 0) is 32.2 Å². The number of tetrazole rings is 1. The zero-order valence-electron chi connectivity index (χ0n) is 31.4. The molecule has 1 aromatic heterocycles. The summed E-state index contributed by atoms with van der Waals surface area (Å²) in [6.45, 7) is 0.353. The van der Waals surface area contributed by atoms with E-state index in [9.17, 15) is 14.7 Å². The Bertz CT molecular complexity index is 2230. The summed E-state index contributed by atoms with van der Waals surface area (Å²) in [5, 5.41) is 28.5. The SMILES string of the molecule is Nc1ccccc1NC(=O)CCCCC(=O)NCc1ccccc1-c1ccc(C2OC(CSc3nnnn3-c3ccccc3)CC(c3ccc(CO)cc3)O2)cc1. The lowest BCUT2D eigenvalue weighted by atomic mass is 9.97. The molecule has 57 heavy (non-hydrogen) atoms. The second kappa shape index (κ2) is 19.3. The molecule has 1 aliphatic heterocycles. The molecular weight excluding hydrogens is 739 g/mol. The number of para-hydroxylation sites is 3. The molecule has 0 saturated carbocycles. The number of anilines is 2. The molecule has 0 aliphatic carbocycles. The monoisotopic (exact) mass is 783 g/mol. The fourth-order valence-electron chi connectivity index (χ4n) is 6.64. The number of thioether (sulfide) groups is 1. The van der Waals surface area contributed by atoms with E-state index in [0.29, 0.717) is 60.9 Å². The Balaban J connectivity index is 0.970. The molecule has 0 bridgehead atoms. The van der Waals surface area contributed by atoms with Crippen LogP contribution in [0, 0.1) is 0 Å². The standard InChI is InChI=1S/C44H45N7O5S/c45-38-14-6-7-15-39(38)47-42(54)17-9-8-16-41(53)46-27-34-10-4-5-13-37(34)31-22-24-33(25-23-31)43-55-36(26-40(56-43)32-20-18-30(28-52)19-21-32)29-57-44-48-49-50-51(44)35-11-2-1-3-12-35/h1-7,10-15,18-25,36,40,43,52H,8-9,16-17,26-29,45H2,(H,46,53)(H,47,54). The van der Waals surface area contributed by atoms with Gasteiger partial charge in [-0.2, -0.15) is 4.68 Å². The molecule has 292 valence electrons. The molecule has 7 rings (SSSR count). The van der Waals surface area contributed by atoms with Crippen molar-refractivity contribution >= 4 is 35.0 Å². The fraction of sp³-hybridized carbons (Fsp3) is 0.250. The first-order chi connectivity index (χ1) is 27.9. The van der Waals surface area contributed by atoms with Crippen LogP contribution in [0.1, 0.15) is 66.8 Å². The summed E-state index contributed by atoms with van der Waals surface area (Å²) >= 11 is 1.53. The van der Waals surface area contributed by atoms with E-state index in [-0.39, 0.29) is 30.6 Å². The lowest BCUT2D eigenvalue weighted by molar-refractivity contribution is -0.245. The summed E-state index contributed by atoms with van der Waals surface area (Å²) in [4.78, 5) is 25.1. The number of carbonyl (C=O) groups excluding carboxylic acids is 2. The summed E-state index contributed by atoms with van der Waals surface area (Å²) < 4.78 is 14.9. The Labute approximate surface area is 335 Å². The van der Waals surface area contributed by atoms with Crippen LogP contribution in [0.15, 0.2) is 133 Å². The van der Waals surface area contributed by atoms with Gasteiger partial charge in [0.15, 0.2) is 6.29 Å². The van der Waals surface area contributed by atoms with Crippen molar-refractivity contribution in [1.29, 1.82) is 0 Å². The van der Waals surface area contributed by atoms with E-state index in [1.807, 2.05) is 115 Å². The molecular formula is C44H45N7O5S. The van der Waals surface area contributed by atoms with Gasteiger partial charge in [0, 0.05) is 37.1 Å². The number of amides is 2. The van der Waals surface area contributed by atoms with Crippen LogP contribution in [0.25, 0.3) is 16.8 Å². The fourth-order valence-corrected chi connectivity index (χ4v) is 7.55. The second-order valence-corrected chi connectivity index (χ2v) is 14.8. The highest BCUT2D eigenvalue weighted by Crippen LogP contribution is 2.40.